The third-order valence-corrected chi connectivity index (χ3v) is 7.79. The summed E-state index contributed by atoms with van der Waals surface area (Å²) in [6.45, 7) is 10.8. The van der Waals surface area contributed by atoms with Crippen molar-refractivity contribution in [2.24, 2.45) is 5.41 Å². The van der Waals surface area contributed by atoms with Crippen LogP contribution >= 0.6 is 11.8 Å². The number of rotatable bonds is 5. The molecule has 2 aromatic rings. The highest BCUT2D eigenvalue weighted by Gasteiger charge is 2.42. The molecule has 0 unspecified atom stereocenters. The molecule has 0 saturated heterocycles. The Bertz CT molecular complexity index is 990. The van der Waals surface area contributed by atoms with Crippen molar-refractivity contribution in [3.63, 3.8) is 0 Å². The average Bonchev–Trinajstić information content (AvgIpc) is 2.78. The maximum Gasteiger partial charge on any atom is 0.269 e. The first-order valence-corrected chi connectivity index (χ1v) is 11.7. The third kappa shape index (κ3) is 4.13. The molecule has 1 amide bonds. The second kappa shape index (κ2) is 7.23. The van der Waals surface area contributed by atoms with Crippen molar-refractivity contribution >= 4 is 27.7 Å². The predicted octanol–water partition coefficient (Wildman–Crippen LogP) is 5.29. The Morgan fingerprint density at radius 1 is 0.964 bits per heavy atom. The first-order chi connectivity index (χ1) is 12.9. The molecule has 0 bridgehead atoms. The van der Waals surface area contributed by atoms with Gasteiger partial charge in [0.05, 0.1) is 11.4 Å². The van der Waals surface area contributed by atoms with Gasteiger partial charge in [-0.3, -0.25) is 4.79 Å². The SMILES string of the molecule is CC(C)(C)CC(C)(C)c1ccc2c(c1)C(=O)N(CSc1ccccc1)S2(=O)=O. The minimum atomic E-state index is -3.80. The maximum atomic E-state index is 12.9. The van der Waals surface area contributed by atoms with Crippen molar-refractivity contribution in [3.8, 4) is 0 Å². The Kier molecular flexibility index (Phi) is 5.40. The summed E-state index contributed by atoms with van der Waals surface area (Å²) in [7, 11) is -3.80. The molecule has 1 heterocycles. The number of carbonyl (C=O) groups excluding carboxylic acids is 1. The first kappa shape index (κ1) is 20.9. The van der Waals surface area contributed by atoms with E-state index in [-0.39, 0.29) is 27.2 Å². The molecule has 1 aliphatic heterocycles. The van der Waals surface area contributed by atoms with Gasteiger partial charge in [0.1, 0.15) is 4.90 Å². The maximum absolute atomic E-state index is 12.9. The largest absolute Gasteiger partial charge is 0.269 e. The van der Waals surface area contributed by atoms with Gasteiger partial charge in [-0.05, 0) is 47.1 Å². The highest BCUT2D eigenvalue weighted by atomic mass is 32.2. The summed E-state index contributed by atoms with van der Waals surface area (Å²) in [5.74, 6) is -0.368. The van der Waals surface area contributed by atoms with Gasteiger partial charge in [-0.25, -0.2) is 12.7 Å². The number of fused-ring (bicyclic) bond motifs is 1. The van der Waals surface area contributed by atoms with Gasteiger partial charge in [-0.1, -0.05) is 58.9 Å². The zero-order valence-corrected chi connectivity index (χ0v) is 18.7. The van der Waals surface area contributed by atoms with Gasteiger partial charge in [-0.15, -0.1) is 11.8 Å². The standard InChI is InChI=1S/C22H27NO3S2/c1-21(2,3)14-22(4,5)16-11-12-19-18(13-16)20(24)23(28(19,25)26)15-27-17-9-7-6-8-10-17/h6-13H,14-15H2,1-5H3. The summed E-state index contributed by atoms with van der Waals surface area (Å²) in [6.07, 6.45) is 0.924. The molecule has 6 heteroatoms. The van der Waals surface area contributed by atoms with Gasteiger partial charge in [0.25, 0.3) is 15.9 Å². The Balaban J connectivity index is 1.90. The van der Waals surface area contributed by atoms with E-state index in [4.69, 9.17) is 0 Å². The van der Waals surface area contributed by atoms with Gasteiger partial charge < -0.3 is 0 Å². The van der Waals surface area contributed by atoms with Crippen LogP contribution in [0.5, 0.6) is 0 Å². The molecule has 3 rings (SSSR count). The normalized spacial score (nSPS) is 16.3. The van der Waals surface area contributed by atoms with Crippen molar-refractivity contribution in [1.82, 2.24) is 4.31 Å². The molecule has 4 nitrogen and oxygen atoms in total. The smallest absolute Gasteiger partial charge is 0.268 e. The highest BCUT2D eigenvalue weighted by molar-refractivity contribution is 8.00. The van der Waals surface area contributed by atoms with Crippen molar-refractivity contribution in [3.05, 3.63) is 59.7 Å². The summed E-state index contributed by atoms with van der Waals surface area (Å²) in [5, 5.41) is 0. The molecule has 0 aromatic heterocycles. The van der Waals surface area contributed by atoms with Crippen LogP contribution < -0.4 is 0 Å². The van der Waals surface area contributed by atoms with Crippen LogP contribution in [-0.4, -0.2) is 24.5 Å². The fraction of sp³-hybridized carbons (Fsp3) is 0.409. The molecule has 0 radical (unpaired) electrons. The number of hydrogen-bond donors (Lipinski definition) is 0. The zero-order valence-electron chi connectivity index (χ0n) is 17.0. The van der Waals surface area contributed by atoms with Gasteiger partial charge in [0, 0.05) is 4.90 Å². The number of amides is 1. The van der Waals surface area contributed by atoms with Crippen LogP contribution in [0.4, 0.5) is 0 Å². The topological polar surface area (TPSA) is 54.5 Å². The molecule has 150 valence electrons. The molecule has 2 aromatic carbocycles. The third-order valence-electron chi connectivity index (χ3n) is 4.85. The summed E-state index contributed by atoms with van der Waals surface area (Å²) in [6, 6.07) is 14.7. The van der Waals surface area contributed by atoms with Crippen LogP contribution in [0, 0.1) is 5.41 Å². The van der Waals surface area contributed by atoms with Gasteiger partial charge >= 0.3 is 0 Å². The lowest BCUT2D eigenvalue weighted by Crippen LogP contribution is -2.29. The van der Waals surface area contributed by atoms with Crippen molar-refractivity contribution in [1.29, 1.82) is 0 Å². The van der Waals surface area contributed by atoms with E-state index in [0.717, 1.165) is 21.2 Å². The van der Waals surface area contributed by atoms with Crippen LogP contribution in [0.1, 0.15) is 57.0 Å². The van der Waals surface area contributed by atoms with Gasteiger partial charge in [0.15, 0.2) is 0 Å². The molecule has 28 heavy (non-hydrogen) atoms. The molecular formula is C22H27NO3S2. The molecular weight excluding hydrogens is 390 g/mol. The van der Waals surface area contributed by atoms with E-state index in [2.05, 4.69) is 34.6 Å². The molecule has 0 saturated carbocycles. The monoisotopic (exact) mass is 417 g/mol. The molecule has 0 fully saturated rings. The molecule has 0 aliphatic carbocycles. The van der Waals surface area contributed by atoms with E-state index in [1.54, 1.807) is 12.1 Å². The summed E-state index contributed by atoms with van der Waals surface area (Å²) in [5.41, 5.74) is 1.23. The van der Waals surface area contributed by atoms with Crippen LogP contribution in [-0.2, 0) is 15.4 Å². The lowest BCUT2D eigenvalue weighted by molar-refractivity contribution is 0.0887. The van der Waals surface area contributed by atoms with Crippen LogP contribution in [0.3, 0.4) is 0 Å². The van der Waals surface area contributed by atoms with Crippen molar-refractivity contribution in [2.45, 2.75) is 56.2 Å². The second-order valence-electron chi connectivity index (χ2n) is 9.08. The lowest BCUT2D eigenvalue weighted by atomic mass is 9.72. The number of sulfonamides is 1. The quantitative estimate of drug-likeness (QED) is 0.620. The number of thioether (sulfide) groups is 1. The van der Waals surface area contributed by atoms with E-state index in [0.29, 0.717) is 0 Å². The van der Waals surface area contributed by atoms with E-state index in [1.807, 2.05) is 36.4 Å². The summed E-state index contributed by atoms with van der Waals surface area (Å²) < 4.78 is 26.8. The van der Waals surface area contributed by atoms with Crippen LogP contribution in [0.2, 0.25) is 0 Å². The average molecular weight is 418 g/mol. The Hall–Kier alpha value is -1.79. The highest BCUT2D eigenvalue weighted by Crippen LogP contribution is 2.40. The zero-order chi connectivity index (χ0) is 20.7. The molecule has 0 N–H and O–H groups in total. The Labute approximate surface area is 172 Å². The summed E-state index contributed by atoms with van der Waals surface area (Å²) >= 11 is 1.34. The van der Waals surface area contributed by atoms with Gasteiger partial charge in [0.2, 0.25) is 0 Å². The van der Waals surface area contributed by atoms with E-state index >= 15 is 0 Å². The predicted molar refractivity (Wildman–Crippen MR) is 114 cm³/mol. The van der Waals surface area contributed by atoms with E-state index in [1.165, 1.54) is 11.8 Å². The van der Waals surface area contributed by atoms with Crippen molar-refractivity contribution < 1.29 is 13.2 Å². The lowest BCUT2D eigenvalue weighted by Gasteiger charge is -2.33. The Morgan fingerprint density at radius 2 is 1.61 bits per heavy atom. The van der Waals surface area contributed by atoms with Gasteiger partial charge in [-0.2, -0.15) is 0 Å². The first-order valence-electron chi connectivity index (χ1n) is 9.31. The molecule has 0 atom stereocenters. The number of carbonyl (C=O) groups is 1. The minimum absolute atomic E-state index is 0.0700. The van der Waals surface area contributed by atoms with E-state index in [9.17, 15) is 13.2 Å². The number of benzene rings is 2. The Morgan fingerprint density at radius 3 is 2.21 bits per heavy atom. The fourth-order valence-corrected chi connectivity index (χ4v) is 6.58. The van der Waals surface area contributed by atoms with Crippen LogP contribution in [0.15, 0.2) is 58.3 Å². The molecule has 1 aliphatic rings. The fourth-order valence-electron chi connectivity index (χ4n) is 3.91. The minimum Gasteiger partial charge on any atom is -0.268 e. The van der Waals surface area contributed by atoms with Crippen molar-refractivity contribution in [2.75, 3.05) is 5.88 Å². The number of nitrogens with zero attached hydrogens (tertiary/aromatic N) is 1. The summed E-state index contributed by atoms with van der Waals surface area (Å²) in [4.78, 5) is 14.0. The number of hydrogen-bond acceptors (Lipinski definition) is 4. The van der Waals surface area contributed by atoms with Crippen LogP contribution in [0.25, 0.3) is 0 Å². The van der Waals surface area contributed by atoms with E-state index < -0.39 is 15.9 Å². The second-order valence-corrected chi connectivity index (χ2v) is 11.9. The molecule has 0 spiro atoms.